The maximum Gasteiger partial charge on any atom is 0.336 e. The third kappa shape index (κ3) is 4.20. The quantitative estimate of drug-likeness (QED) is 0.672. The van der Waals surface area contributed by atoms with Gasteiger partial charge in [-0.1, -0.05) is 0 Å². The molecule has 2 aromatic carbocycles. The minimum Gasteiger partial charge on any atom is -0.493 e. The van der Waals surface area contributed by atoms with Gasteiger partial charge in [0.1, 0.15) is 11.3 Å². The SMILES string of the molecule is COc1ccc(NC(=O)COc2ccc3c(C)cc(=O)oc3c2)cc1OC. The topological polar surface area (TPSA) is 87.0 Å². The molecule has 1 amide bonds. The number of ether oxygens (including phenoxy) is 3. The van der Waals surface area contributed by atoms with Crippen LogP contribution in [0, 0.1) is 6.92 Å². The largest absolute Gasteiger partial charge is 0.493 e. The summed E-state index contributed by atoms with van der Waals surface area (Å²) in [6.45, 7) is 1.63. The first kappa shape index (κ1) is 18.3. The molecule has 3 aromatic rings. The van der Waals surface area contributed by atoms with Gasteiger partial charge in [0.2, 0.25) is 0 Å². The Hall–Kier alpha value is -3.48. The van der Waals surface area contributed by atoms with Crippen LogP contribution in [0.3, 0.4) is 0 Å². The normalized spacial score (nSPS) is 10.5. The zero-order valence-electron chi connectivity index (χ0n) is 15.2. The first-order valence-electron chi connectivity index (χ1n) is 8.19. The van der Waals surface area contributed by atoms with E-state index >= 15 is 0 Å². The molecule has 0 saturated carbocycles. The number of amides is 1. The number of carbonyl (C=O) groups excluding carboxylic acids is 1. The number of anilines is 1. The van der Waals surface area contributed by atoms with E-state index in [0.29, 0.717) is 28.5 Å². The molecule has 140 valence electrons. The zero-order chi connectivity index (χ0) is 19.4. The average Bonchev–Trinajstić information content (AvgIpc) is 2.65. The Bertz CT molecular complexity index is 1040. The Morgan fingerprint density at radius 1 is 1.04 bits per heavy atom. The summed E-state index contributed by atoms with van der Waals surface area (Å²) in [7, 11) is 3.06. The number of nitrogens with one attached hydrogen (secondary N) is 1. The van der Waals surface area contributed by atoms with E-state index in [2.05, 4.69) is 5.32 Å². The smallest absolute Gasteiger partial charge is 0.336 e. The van der Waals surface area contributed by atoms with Crippen LogP contribution < -0.4 is 25.2 Å². The van der Waals surface area contributed by atoms with E-state index in [-0.39, 0.29) is 12.5 Å². The summed E-state index contributed by atoms with van der Waals surface area (Å²) >= 11 is 0. The van der Waals surface area contributed by atoms with Crippen LogP contribution in [0.4, 0.5) is 5.69 Å². The predicted molar refractivity (Wildman–Crippen MR) is 101 cm³/mol. The van der Waals surface area contributed by atoms with Gasteiger partial charge in [0.05, 0.1) is 14.2 Å². The summed E-state index contributed by atoms with van der Waals surface area (Å²) in [6, 6.07) is 11.6. The summed E-state index contributed by atoms with van der Waals surface area (Å²) in [5.41, 5.74) is 1.36. The van der Waals surface area contributed by atoms with Crippen LogP contribution in [-0.2, 0) is 4.79 Å². The first-order valence-corrected chi connectivity index (χ1v) is 8.19. The molecule has 1 N–H and O–H groups in total. The van der Waals surface area contributed by atoms with Crippen molar-refractivity contribution in [3.63, 3.8) is 0 Å². The van der Waals surface area contributed by atoms with Crippen molar-refractivity contribution < 1.29 is 23.4 Å². The highest BCUT2D eigenvalue weighted by atomic mass is 16.5. The van der Waals surface area contributed by atoms with Crippen molar-refractivity contribution in [1.29, 1.82) is 0 Å². The van der Waals surface area contributed by atoms with Gasteiger partial charge in [0.15, 0.2) is 18.1 Å². The molecule has 0 atom stereocenters. The predicted octanol–water partition coefficient (Wildman–Crippen LogP) is 3.14. The number of fused-ring (bicyclic) bond motifs is 1. The van der Waals surface area contributed by atoms with Crippen LogP contribution in [0.15, 0.2) is 51.7 Å². The van der Waals surface area contributed by atoms with Crippen molar-refractivity contribution >= 4 is 22.6 Å². The second kappa shape index (κ2) is 7.82. The Morgan fingerprint density at radius 2 is 1.81 bits per heavy atom. The minimum absolute atomic E-state index is 0.199. The van der Waals surface area contributed by atoms with Crippen LogP contribution in [0.5, 0.6) is 17.2 Å². The van der Waals surface area contributed by atoms with Gasteiger partial charge < -0.3 is 23.9 Å². The maximum atomic E-state index is 12.1. The van der Waals surface area contributed by atoms with Crippen LogP contribution >= 0.6 is 0 Å². The lowest BCUT2D eigenvalue weighted by Gasteiger charge is -2.11. The van der Waals surface area contributed by atoms with Crippen molar-refractivity contribution in [2.75, 3.05) is 26.1 Å². The van der Waals surface area contributed by atoms with Crippen molar-refractivity contribution in [3.05, 3.63) is 58.4 Å². The van der Waals surface area contributed by atoms with Crippen molar-refractivity contribution in [2.24, 2.45) is 0 Å². The van der Waals surface area contributed by atoms with Gasteiger partial charge >= 0.3 is 5.63 Å². The van der Waals surface area contributed by atoms with Crippen molar-refractivity contribution in [2.45, 2.75) is 6.92 Å². The molecule has 27 heavy (non-hydrogen) atoms. The maximum absolute atomic E-state index is 12.1. The summed E-state index contributed by atoms with van der Waals surface area (Å²) in [6.07, 6.45) is 0. The highest BCUT2D eigenvalue weighted by molar-refractivity contribution is 5.92. The van der Waals surface area contributed by atoms with Gasteiger partial charge in [-0.05, 0) is 36.8 Å². The molecule has 0 aliphatic rings. The van der Waals surface area contributed by atoms with Gasteiger partial charge in [-0.25, -0.2) is 4.79 Å². The lowest BCUT2D eigenvalue weighted by atomic mass is 10.1. The van der Waals surface area contributed by atoms with E-state index in [1.54, 1.807) is 36.4 Å². The zero-order valence-corrected chi connectivity index (χ0v) is 15.2. The van der Waals surface area contributed by atoms with Gasteiger partial charge in [-0.15, -0.1) is 0 Å². The molecule has 0 radical (unpaired) electrons. The second-order valence-electron chi connectivity index (χ2n) is 5.81. The van der Waals surface area contributed by atoms with Crippen LogP contribution in [0.2, 0.25) is 0 Å². The average molecular weight is 369 g/mol. The molecule has 1 aromatic heterocycles. The molecule has 1 heterocycles. The number of hydrogen-bond donors (Lipinski definition) is 1. The highest BCUT2D eigenvalue weighted by Gasteiger charge is 2.09. The second-order valence-corrected chi connectivity index (χ2v) is 5.81. The molecule has 0 unspecified atom stereocenters. The lowest BCUT2D eigenvalue weighted by Crippen LogP contribution is -2.20. The lowest BCUT2D eigenvalue weighted by molar-refractivity contribution is -0.118. The molecular weight excluding hydrogens is 350 g/mol. The van der Waals surface area contributed by atoms with Gasteiger partial charge in [0.25, 0.3) is 5.91 Å². The molecule has 7 nitrogen and oxygen atoms in total. The van der Waals surface area contributed by atoms with Gasteiger partial charge in [0, 0.05) is 29.3 Å². The monoisotopic (exact) mass is 369 g/mol. The first-order chi connectivity index (χ1) is 13.0. The molecule has 0 aliphatic carbocycles. The van der Waals surface area contributed by atoms with E-state index in [1.807, 2.05) is 6.92 Å². The Kier molecular flexibility index (Phi) is 5.30. The Labute approximate surface area is 155 Å². The fraction of sp³-hybridized carbons (Fsp3) is 0.200. The number of aryl methyl sites for hydroxylation is 1. The summed E-state index contributed by atoms with van der Waals surface area (Å²) < 4.78 is 21.0. The van der Waals surface area contributed by atoms with E-state index in [4.69, 9.17) is 18.6 Å². The van der Waals surface area contributed by atoms with Crippen LogP contribution in [-0.4, -0.2) is 26.7 Å². The number of rotatable bonds is 6. The van der Waals surface area contributed by atoms with Crippen molar-refractivity contribution in [1.82, 2.24) is 0 Å². The van der Waals surface area contributed by atoms with E-state index in [0.717, 1.165) is 10.9 Å². The highest BCUT2D eigenvalue weighted by Crippen LogP contribution is 2.29. The summed E-state index contributed by atoms with van der Waals surface area (Å²) in [4.78, 5) is 23.6. The van der Waals surface area contributed by atoms with Gasteiger partial charge in [-0.2, -0.15) is 0 Å². The number of carbonyl (C=O) groups is 1. The molecule has 0 spiro atoms. The number of benzene rings is 2. The number of hydrogen-bond acceptors (Lipinski definition) is 6. The van der Waals surface area contributed by atoms with Gasteiger partial charge in [-0.3, -0.25) is 4.79 Å². The van der Waals surface area contributed by atoms with E-state index in [9.17, 15) is 9.59 Å². The van der Waals surface area contributed by atoms with Crippen molar-refractivity contribution in [3.8, 4) is 17.2 Å². The molecule has 7 heteroatoms. The molecule has 0 fully saturated rings. The summed E-state index contributed by atoms with van der Waals surface area (Å²) in [5, 5.41) is 3.54. The summed E-state index contributed by atoms with van der Waals surface area (Å²) in [5.74, 6) is 1.17. The molecule has 0 bridgehead atoms. The molecule has 0 saturated heterocycles. The third-order valence-corrected chi connectivity index (χ3v) is 3.96. The van der Waals surface area contributed by atoms with E-state index in [1.165, 1.54) is 20.3 Å². The fourth-order valence-electron chi connectivity index (χ4n) is 2.65. The van der Waals surface area contributed by atoms with Crippen LogP contribution in [0.25, 0.3) is 11.0 Å². The Balaban J connectivity index is 1.67. The van der Waals surface area contributed by atoms with Crippen LogP contribution in [0.1, 0.15) is 5.56 Å². The molecule has 0 aliphatic heterocycles. The van der Waals surface area contributed by atoms with E-state index < -0.39 is 5.63 Å². The fourth-order valence-corrected chi connectivity index (χ4v) is 2.65. The standard InChI is InChI=1S/C20H19NO6/c1-12-8-20(23)27-17-10-14(5-6-15(12)17)26-11-19(22)21-13-4-7-16(24-2)18(9-13)25-3/h4-10H,11H2,1-3H3,(H,21,22). The Morgan fingerprint density at radius 3 is 2.56 bits per heavy atom. The molecule has 3 rings (SSSR count). The molecular formula is C20H19NO6. The number of methoxy groups -OCH3 is 2. The minimum atomic E-state index is -0.427. The third-order valence-electron chi connectivity index (χ3n) is 3.96.